The number of unbranched alkanes of at least 4 members (excludes halogenated alkanes) is 1. The summed E-state index contributed by atoms with van der Waals surface area (Å²) in [4.78, 5) is 34.4. The molecule has 1 fully saturated rings. The predicted molar refractivity (Wildman–Crippen MR) is 131 cm³/mol. The first-order valence-electron chi connectivity index (χ1n) is 10.9. The maximum atomic E-state index is 11.6. The van der Waals surface area contributed by atoms with Gasteiger partial charge >= 0.3 is 0 Å². The number of hydrogen-bond acceptors (Lipinski definition) is 12. The Kier molecular flexibility index (Phi) is 9.24. The minimum Gasteiger partial charge on any atom is -0.480 e. The smallest absolute Gasteiger partial charge is 0.248 e. The zero-order valence-electron chi connectivity index (χ0n) is 19.5. The Hall–Kier alpha value is -3.16. The lowest BCUT2D eigenvalue weighted by Crippen LogP contribution is -2.47. The lowest BCUT2D eigenvalue weighted by molar-refractivity contribution is -0.111. The molecule has 3 rings (SSSR count). The van der Waals surface area contributed by atoms with E-state index in [1.165, 1.54) is 20.3 Å². The number of anilines is 3. The van der Waals surface area contributed by atoms with Crippen molar-refractivity contribution in [1.29, 1.82) is 0 Å². The molecule has 5 N–H and O–H groups in total. The Morgan fingerprint density at radius 2 is 1.82 bits per heavy atom. The van der Waals surface area contributed by atoms with E-state index in [4.69, 9.17) is 20.9 Å². The van der Waals surface area contributed by atoms with Gasteiger partial charge in [-0.05, 0) is 43.8 Å². The van der Waals surface area contributed by atoms with Gasteiger partial charge in [-0.25, -0.2) is 9.97 Å². The molecular formula is C21H31N9O3S. The number of amides is 1. The van der Waals surface area contributed by atoms with E-state index in [9.17, 15) is 4.79 Å². The van der Waals surface area contributed by atoms with Crippen LogP contribution in [0, 0.1) is 0 Å². The summed E-state index contributed by atoms with van der Waals surface area (Å²) in [5.41, 5.74) is 11.5. The standard InChI is InChI=1S/C21H31N9O3S/c1-4-16(31)25-15-13-14(23)24-21(26-15)34-17-18(32-2)27-20(28-19(17)33-3)30-11-9-29(10-12-30)8-6-5-7-22/h4,13H,1,5-12,22H2,2-3H3,(H3,23,24,25,26,31). The number of piperazine rings is 1. The summed E-state index contributed by atoms with van der Waals surface area (Å²) in [6.45, 7) is 8.64. The first-order chi connectivity index (χ1) is 16.5. The molecule has 1 aliphatic heterocycles. The molecule has 184 valence electrons. The summed E-state index contributed by atoms with van der Waals surface area (Å²) in [6.07, 6.45) is 3.28. The molecule has 0 radical (unpaired) electrons. The fourth-order valence-corrected chi connectivity index (χ4v) is 4.29. The van der Waals surface area contributed by atoms with Gasteiger partial charge < -0.3 is 31.2 Å². The Morgan fingerprint density at radius 3 is 2.41 bits per heavy atom. The summed E-state index contributed by atoms with van der Waals surface area (Å²) in [5.74, 6) is 1.24. The van der Waals surface area contributed by atoms with E-state index in [0.29, 0.717) is 22.6 Å². The van der Waals surface area contributed by atoms with Crippen molar-refractivity contribution < 1.29 is 14.3 Å². The number of aromatic nitrogens is 4. The van der Waals surface area contributed by atoms with Crippen molar-refractivity contribution >= 4 is 35.3 Å². The zero-order valence-corrected chi connectivity index (χ0v) is 20.3. The van der Waals surface area contributed by atoms with Crippen LogP contribution in [0.15, 0.2) is 28.8 Å². The number of nitrogens with zero attached hydrogens (tertiary/aromatic N) is 6. The van der Waals surface area contributed by atoms with Crippen LogP contribution in [0.4, 0.5) is 17.6 Å². The molecule has 1 aliphatic rings. The molecule has 0 saturated carbocycles. The summed E-state index contributed by atoms with van der Waals surface area (Å²) >= 11 is 1.13. The molecule has 2 aromatic heterocycles. The third-order valence-corrected chi connectivity index (χ3v) is 6.04. The van der Waals surface area contributed by atoms with Gasteiger partial charge in [0.1, 0.15) is 16.5 Å². The van der Waals surface area contributed by atoms with Crippen LogP contribution in [-0.2, 0) is 4.79 Å². The number of hydrogen-bond donors (Lipinski definition) is 3. The van der Waals surface area contributed by atoms with Crippen LogP contribution in [0.25, 0.3) is 0 Å². The van der Waals surface area contributed by atoms with E-state index in [1.807, 2.05) is 0 Å². The topological polar surface area (TPSA) is 158 Å². The Bertz CT molecular complexity index is 974. The highest BCUT2D eigenvalue weighted by atomic mass is 32.2. The number of nitrogen functional groups attached to an aromatic ring is 1. The monoisotopic (exact) mass is 489 g/mol. The van der Waals surface area contributed by atoms with Gasteiger partial charge in [0.05, 0.1) is 14.2 Å². The number of carbonyl (C=O) groups is 1. The number of rotatable bonds is 11. The van der Waals surface area contributed by atoms with Crippen LogP contribution in [0.5, 0.6) is 11.8 Å². The Morgan fingerprint density at radius 1 is 1.15 bits per heavy atom. The van der Waals surface area contributed by atoms with Gasteiger partial charge in [-0.2, -0.15) is 9.97 Å². The maximum absolute atomic E-state index is 11.6. The molecule has 1 saturated heterocycles. The molecule has 0 aromatic carbocycles. The molecule has 2 aromatic rings. The number of nitrogens with two attached hydrogens (primary N) is 2. The van der Waals surface area contributed by atoms with Crippen molar-refractivity contribution in [2.24, 2.45) is 5.73 Å². The molecule has 1 amide bonds. The summed E-state index contributed by atoms with van der Waals surface area (Å²) in [7, 11) is 3.06. The second-order valence-corrected chi connectivity index (χ2v) is 8.43. The highest BCUT2D eigenvalue weighted by Crippen LogP contribution is 2.40. The van der Waals surface area contributed by atoms with Crippen molar-refractivity contribution in [3.63, 3.8) is 0 Å². The normalized spacial score (nSPS) is 14.0. The minimum atomic E-state index is -0.406. The fourth-order valence-electron chi connectivity index (χ4n) is 3.38. The number of carbonyl (C=O) groups excluding carboxylic acids is 1. The first kappa shape index (κ1) is 25.5. The first-order valence-corrected chi connectivity index (χ1v) is 11.7. The van der Waals surface area contributed by atoms with Crippen LogP contribution in [0.3, 0.4) is 0 Å². The van der Waals surface area contributed by atoms with Gasteiger partial charge in [-0.3, -0.25) is 9.69 Å². The van der Waals surface area contributed by atoms with E-state index in [2.05, 4.69) is 41.6 Å². The van der Waals surface area contributed by atoms with Gasteiger partial charge in [0, 0.05) is 32.2 Å². The van der Waals surface area contributed by atoms with Crippen LogP contribution in [0.2, 0.25) is 0 Å². The average Bonchev–Trinajstić information content (AvgIpc) is 2.84. The lowest BCUT2D eigenvalue weighted by Gasteiger charge is -2.34. The minimum absolute atomic E-state index is 0.191. The molecule has 34 heavy (non-hydrogen) atoms. The molecule has 0 spiro atoms. The van der Waals surface area contributed by atoms with E-state index < -0.39 is 5.91 Å². The van der Waals surface area contributed by atoms with Crippen molar-refractivity contribution in [2.75, 3.05) is 69.4 Å². The Labute approximate surface area is 203 Å². The molecule has 13 heteroatoms. The van der Waals surface area contributed by atoms with E-state index in [-0.39, 0.29) is 16.8 Å². The Balaban J connectivity index is 1.79. The third-order valence-electron chi connectivity index (χ3n) is 5.12. The molecule has 3 heterocycles. The second-order valence-electron chi connectivity index (χ2n) is 7.45. The molecule has 0 unspecified atom stereocenters. The van der Waals surface area contributed by atoms with Gasteiger partial charge in [-0.1, -0.05) is 6.58 Å². The largest absolute Gasteiger partial charge is 0.480 e. The number of nitrogens with one attached hydrogen (secondary N) is 1. The van der Waals surface area contributed by atoms with Crippen LogP contribution < -0.4 is 31.2 Å². The highest BCUT2D eigenvalue weighted by molar-refractivity contribution is 7.99. The van der Waals surface area contributed by atoms with Gasteiger partial charge in [-0.15, -0.1) is 0 Å². The maximum Gasteiger partial charge on any atom is 0.248 e. The van der Waals surface area contributed by atoms with Crippen molar-refractivity contribution in [3.8, 4) is 11.8 Å². The summed E-state index contributed by atoms with van der Waals surface area (Å²) in [5, 5.41) is 2.85. The SMILES string of the molecule is C=CC(=O)Nc1cc(N)nc(Sc2c(OC)nc(N3CCN(CCCCN)CC3)nc2OC)n1. The molecular weight excluding hydrogens is 458 g/mol. The van der Waals surface area contributed by atoms with Crippen LogP contribution in [0.1, 0.15) is 12.8 Å². The number of methoxy groups -OCH3 is 2. The van der Waals surface area contributed by atoms with E-state index in [0.717, 1.165) is 69.9 Å². The molecule has 0 atom stereocenters. The van der Waals surface area contributed by atoms with E-state index in [1.54, 1.807) is 0 Å². The fraction of sp³-hybridized carbons (Fsp3) is 0.476. The predicted octanol–water partition coefficient (Wildman–Crippen LogP) is 1.00. The quantitative estimate of drug-likeness (QED) is 0.234. The molecule has 12 nitrogen and oxygen atoms in total. The number of ether oxygens (including phenoxy) is 2. The molecule has 0 bridgehead atoms. The van der Waals surface area contributed by atoms with Crippen LogP contribution in [-0.4, -0.2) is 84.2 Å². The highest BCUT2D eigenvalue weighted by Gasteiger charge is 2.24. The van der Waals surface area contributed by atoms with Gasteiger partial charge in [0.15, 0.2) is 5.16 Å². The lowest BCUT2D eigenvalue weighted by atomic mass is 10.2. The van der Waals surface area contributed by atoms with Crippen molar-refractivity contribution in [3.05, 3.63) is 18.7 Å². The van der Waals surface area contributed by atoms with Gasteiger partial charge in [0.2, 0.25) is 23.6 Å². The second kappa shape index (κ2) is 12.3. The summed E-state index contributed by atoms with van der Waals surface area (Å²) in [6, 6.07) is 1.45. The zero-order chi connectivity index (χ0) is 24.5. The average molecular weight is 490 g/mol. The third kappa shape index (κ3) is 6.68. The van der Waals surface area contributed by atoms with Crippen LogP contribution >= 0.6 is 11.8 Å². The molecule has 0 aliphatic carbocycles. The van der Waals surface area contributed by atoms with Crippen molar-refractivity contribution in [1.82, 2.24) is 24.8 Å². The van der Waals surface area contributed by atoms with Crippen molar-refractivity contribution in [2.45, 2.75) is 22.9 Å². The van der Waals surface area contributed by atoms with Gasteiger partial charge in [0.25, 0.3) is 0 Å². The van der Waals surface area contributed by atoms with E-state index >= 15 is 0 Å². The summed E-state index contributed by atoms with van der Waals surface area (Å²) < 4.78 is 11.1.